The lowest BCUT2D eigenvalue weighted by atomic mass is 10.0. The summed E-state index contributed by atoms with van der Waals surface area (Å²) in [4.78, 5) is 38.5. The van der Waals surface area contributed by atoms with E-state index in [2.05, 4.69) is 35.6 Å². The molecule has 0 radical (unpaired) electrons. The number of fused-ring (bicyclic) bond motifs is 2. The van der Waals surface area contributed by atoms with Crippen LogP contribution in [0.2, 0.25) is 0 Å². The predicted octanol–water partition coefficient (Wildman–Crippen LogP) is 0.238. The van der Waals surface area contributed by atoms with Crippen LogP contribution in [0.25, 0.3) is 21.6 Å². The molecule has 0 spiro atoms. The van der Waals surface area contributed by atoms with Crippen LogP contribution in [0.5, 0.6) is 0 Å². The Kier molecular flexibility index (Phi) is 7.21. The minimum absolute atomic E-state index is 0.0349. The van der Waals surface area contributed by atoms with Crippen LogP contribution in [0, 0.1) is 0 Å². The third-order valence-electron chi connectivity index (χ3n) is 6.68. The molecule has 2 amide bonds. The van der Waals surface area contributed by atoms with Crippen LogP contribution >= 0.6 is 11.8 Å². The molecule has 3 aliphatic rings. The summed E-state index contributed by atoms with van der Waals surface area (Å²) < 4.78 is 12.3. The summed E-state index contributed by atoms with van der Waals surface area (Å²) in [7, 11) is 0. The van der Waals surface area contributed by atoms with Crippen molar-refractivity contribution < 1.29 is 29.3 Å². The number of carbonyl (C=O) groups excluding carboxylic acids is 2. The average Bonchev–Trinajstić information content (AvgIpc) is 3.60. The van der Waals surface area contributed by atoms with Crippen LogP contribution in [0.4, 0.5) is 16.6 Å². The number of carbonyl (C=O) groups is 2. The molecule has 3 saturated heterocycles. The SMILES string of the molecule is [N-]=[N+]=Nc1nc2c(N)ncnc2n1[C@@H]1O[C@H](COC(=O)CCCC[C@@H]2SC[C@@H]3NC(=O)N[C@@H]32)[C@@H](O)[C@H]1O. The second-order valence-corrected chi connectivity index (χ2v) is 10.3. The molecule has 198 valence electrons. The van der Waals surface area contributed by atoms with Crippen LogP contribution in [-0.4, -0.2) is 89.7 Å². The van der Waals surface area contributed by atoms with Gasteiger partial charge in [-0.2, -0.15) is 11.8 Å². The van der Waals surface area contributed by atoms with Crippen molar-refractivity contribution in [2.45, 2.75) is 67.6 Å². The van der Waals surface area contributed by atoms with Gasteiger partial charge in [0.25, 0.3) is 0 Å². The lowest BCUT2D eigenvalue weighted by Gasteiger charge is -2.18. The summed E-state index contributed by atoms with van der Waals surface area (Å²) in [5, 5.41) is 30.8. The fraction of sp³-hybridized carbons (Fsp3) is 0.650. The molecule has 7 atom stereocenters. The van der Waals surface area contributed by atoms with Gasteiger partial charge in [-0.3, -0.25) is 9.36 Å². The maximum Gasteiger partial charge on any atom is 0.315 e. The first-order valence-corrected chi connectivity index (χ1v) is 12.8. The molecule has 5 rings (SSSR count). The van der Waals surface area contributed by atoms with Crippen molar-refractivity contribution in [1.29, 1.82) is 0 Å². The van der Waals surface area contributed by atoms with Gasteiger partial charge in [-0.15, -0.1) is 0 Å². The Bertz CT molecular complexity index is 1240. The fourth-order valence-electron chi connectivity index (χ4n) is 4.84. The lowest BCUT2D eigenvalue weighted by Crippen LogP contribution is -2.36. The number of hydrogen-bond donors (Lipinski definition) is 5. The van der Waals surface area contributed by atoms with Gasteiger partial charge in [0, 0.05) is 22.3 Å². The first kappa shape index (κ1) is 25.3. The molecule has 0 aliphatic carbocycles. The number of aliphatic hydroxyl groups is 2. The zero-order valence-corrected chi connectivity index (χ0v) is 20.3. The number of nitrogens with two attached hydrogens (primary N) is 1. The highest BCUT2D eigenvalue weighted by Gasteiger charge is 2.46. The number of aromatic nitrogens is 4. The van der Waals surface area contributed by atoms with Crippen molar-refractivity contribution >= 4 is 46.7 Å². The van der Waals surface area contributed by atoms with Gasteiger partial charge in [0.2, 0.25) is 5.95 Å². The Morgan fingerprint density at radius 3 is 3.00 bits per heavy atom. The van der Waals surface area contributed by atoms with Gasteiger partial charge in [-0.1, -0.05) is 6.42 Å². The summed E-state index contributed by atoms with van der Waals surface area (Å²) in [6, 6.07) is 0.164. The number of urea groups is 1. The molecule has 2 aromatic rings. The number of hydrogen-bond acceptors (Lipinski definition) is 12. The highest BCUT2D eigenvalue weighted by Crippen LogP contribution is 2.36. The zero-order valence-electron chi connectivity index (χ0n) is 19.5. The van der Waals surface area contributed by atoms with E-state index in [1.54, 1.807) is 0 Å². The Balaban J connectivity index is 1.13. The molecule has 0 unspecified atom stereocenters. The molecular weight excluding hydrogens is 508 g/mol. The second kappa shape index (κ2) is 10.5. The molecule has 0 bridgehead atoms. The number of unbranched alkanes of at least 4 members (excludes halogenated alkanes) is 1. The third-order valence-corrected chi connectivity index (χ3v) is 8.19. The molecule has 3 aliphatic heterocycles. The van der Waals surface area contributed by atoms with E-state index < -0.39 is 30.5 Å². The molecule has 0 saturated carbocycles. The maximum atomic E-state index is 12.3. The van der Waals surface area contributed by atoms with Crippen molar-refractivity contribution in [3.8, 4) is 0 Å². The Labute approximate surface area is 213 Å². The average molecular weight is 535 g/mol. The highest BCUT2D eigenvalue weighted by atomic mass is 32.2. The van der Waals surface area contributed by atoms with Gasteiger partial charge in [0.15, 0.2) is 23.2 Å². The number of nitrogen functional groups attached to an aromatic ring is 1. The summed E-state index contributed by atoms with van der Waals surface area (Å²) in [6.07, 6.45) is -1.45. The summed E-state index contributed by atoms with van der Waals surface area (Å²) >= 11 is 1.82. The third kappa shape index (κ3) is 4.95. The number of azide groups is 1. The van der Waals surface area contributed by atoms with Crippen molar-refractivity contribution in [3.63, 3.8) is 0 Å². The second-order valence-electron chi connectivity index (χ2n) is 9.00. The van der Waals surface area contributed by atoms with E-state index in [0.29, 0.717) is 11.7 Å². The van der Waals surface area contributed by atoms with Crippen LogP contribution in [0.15, 0.2) is 11.4 Å². The molecule has 6 N–H and O–H groups in total. The monoisotopic (exact) mass is 534 g/mol. The number of nitrogens with zero attached hydrogens (tertiary/aromatic N) is 7. The molecule has 17 heteroatoms. The summed E-state index contributed by atoms with van der Waals surface area (Å²) in [5.74, 6) is 0.280. The van der Waals surface area contributed by atoms with Crippen molar-refractivity contribution in [2.75, 3.05) is 18.1 Å². The zero-order chi connectivity index (χ0) is 26.1. The molecule has 5 heterocycles. The maximum absolute atomic E-state index is 12.3. The van der Waals surface area contributed by atoms with E-state index in [1.165, 1.54) is 10.9 Å². The largest absolute Gasteiger partial charge is 0.463 e. The number of imidazole rings is 1. The smallest absolute Gasteiger partial charge is 0.315 e. The molecule has 37 heavy (non-hydrogen) atoms. The van der Waals surface area contributed by atoms with Crippen LogP contribution in [0.3, 0.4) is 0 Å². The first-order valence-electron chi connectivity index (χ1n) is 11.8. The number of rotatable bonds is 9. The van der Waals surface area contributed by atoms with Gasteiger partial charge >= 0.3 is 12.0 Å². The minimum atomic E-state index is -1.46. The van der Waals surface area contributed by atoms with E-state index >= 15 is 0 Å². The molecule has 0 aromatic carbocycles. The Morgan fingerprint density at radius 2 is 2.19 bits per heavy atom. The molecule has 16 nitrogen and oxygen atoms in total. The normalized spacial score (nSPS) is 30.5. The van der Waals surface area contributed by atoms with Crippen molar-refractivity contribution in [2.24, 2.45) is 5.11 Å². The van der Waals surface area contributed by atoms with Gasteiger partial charge in [-0.05, 0) is 23.5 Å². The Morgan fingerprint density at radius 1 is 1.35 bits per heavy atom. The van der Waals surface area contributed by atoms with E-state index in [4.69, 9.17) is 20.7 Å². The van der Waals surface area contributed by atoms with E-state index in [1.807, 2.05) is 11.8 Å². The highest BCUT2D eigenvalue weighted by molar-refractivity contribution is 8.00. The first-order chi connectivity index (χ1) is 17.9. The Hall–Kier alpha value is -3.37. The van der Waals surface area contributed by atoms with Crippen LogP contribution in [0.1, 0.15) is 31.9 Å². The number of anilines is 1. The van der Waals surface area contributed by atoms with Crippen molar-refractivity contribution in [3.05, 3.63) is 16.8 Å². The minimum Gasteiger partial charge on any atom is -0.463 e. The van der Waals surface area contributed by atoms with E-state index in [-0.39, 0.29) is 54.1 Å². The number of amides is 2. The number of esters is 1. The molecule has 2 aromatic heterocycles. The number of thioether (sulfide) groups is 1. The molecular formula is C20H26N10O6S. The summed E-state index contributed by atoms with van der Waals surface area (Å²) in [5.41, 5.74) is 15.0. The number of aliphatic hydroxyl groups excluding tert-OH is 2. The lowest BCUT2D eigenvalue weighted by molar-refractivity contribution is -0.150. The number of ether oxygens (including phenoxy) is 2. The predicted molar refractivity (Wildman–Crippen MR) is 129 cm³/mol. The quantitative estimate of drug-likeness (QED) is 0.0729. The summed E-state index contributed by atoms with van der Waals surface area (Å²) in [6.45, 7) is -0.284. The van der Waals surface area contributed by atoms with E-state index in [9.17, 15) is 19.8 Å². The fourth-order valence-corrected chi connectivity index (χ4v) is 6.39. The topological polar surface area (TPSA) is 235 Å². The van der Waals surface area contributed by atoms with Gasteiger partial charge in [-0.25, -0.2) is 19.7 Å². The van der Waals surface area contributed by atoms with Crippen LogP contribution < -0.4 is 16.4 Å². The number of nitrogens with one attached hydrogen (secondary N) is 2. The van der Waals surface area contributed by atoms with Gasteiger partial charge in [0.1, 0.15) is 31.2 Å². The van der Waals surface area contributed by atoms with Gasteiger partial charge in [0.05, 0.1) is 12.1 Å². The van der Waals surface area contributed by atoms with Gasteiger partial charge < -0.3 is 36.1 Å². The molecule has 3 fully saturated rings. The van der Waals surface area contributed by atoms with Crippen LogP contribution in [-0.2, 0) is 14.3 Å². The van der Waals surface area contributed by atoms with E-state index in [0.717, 1.165) is 18.6 Å². The standard InChI is InChI=1S/C20H26N10O6S/c21-16-13-17(24-7-23-16)30(19(26-13)28-29-22)18-15(33)14(32)9(36-18)5-35-11(31)4-2-1-3-10-12-8(6-37-10)25-20(34)27-12/h7-10,12,14-15,18,32-33H,1-6H2,(H2,21,23,24)(H2,25,27,34)/t8-,9+,10-,12-,14+,15+,18+/m0/s1. The van der Waals surface area contributed by atoms with Crippen molar-refractivity contribution in [1.82, 2.24) is 30.2 Å².